The van der Waals surface area contributed by atoms with Crippen LogP contribution in [0.25, 0.3) is 0 Å². The van der Waals surface area contributed by atoms with Crippen LogP contribution in [0.1, 0.15) is 12.0 Å². The molecule has 0 aliphatic rings. The molecule has 0 amide bonds. The van der Waals surface area contributed by atoms with E-state index in [9.17, 15) is 0 Å². The summed E-state index contributed by atoms with van der Waals surface area (Å²) in [6, 6.07) is 9.63. The normalized spacial score (nSPS) is 11.3. The first-order valence-electron chi connectivity index (χ1n) is 5.91. The summed E-state index contributed by atoms with van der Waals surface area (Å²) in [5, 5.41) is 25.5. The highest BCUT2D eigenvalue weighted by atomic mass is 16.3. The zero-order chi connectivity index (χ0) is 13.9. The molecule has 2 N–H and O–H groups in total. The van der Waals surface area contributed by atoms with Gasteiger partial charge in [-0.2, -0.15) is 10.4 Å². The van der Waals surface area contributed by atoms with Crippen molar-refractivity contribution in [2.75, 3.05) is 20.2 Å². The number of nitrogens with one attached hydrogen (secondary N) is 1. The van der Waals surface area contributed by atoms with Crippen LogP contribution in [0, 0.1) is 11.5 Å². The van der Waals surface area contributed by atoms with Crippen LogP contribution in [0.2, 0.25) is 0 Å². The molecule has 6 nitrogen and oxygen atoms in total. The highest BCUT2D eigenvalue weighted by Gasteiger charge is 2.02. The summed E-state index contributed by atoms with van der Waals surface area (Å²) in [7, 11) is 1.70. The Balaban J connectivity index is 2.66. The quantitative estimate of drug-likeness (QED) is 0.204. The number of nitriles is 1. The minimum Gasteiger partial charge on any atom is -0.396 e. The topological polar surface area (TPSA) is 84.0 Å². The standard InChI is InChI=1S/C13H17N5O/c1-18(13(16-11-14)15-8-5-9-19)17-10-12-6-3-2-4-7-12/h2-4,6-7,10,19H,5,8-9H2,1H3,(H,15,16). The van der Waals surface area contributed by atoms with Gasteiger partial charge < -0.3 is 5.11 Å². The van der Waals surface area contributed by atoms with E-state index in [2.05, 4.69) is 15.4 Å². The Morgan fingerprint density at radius 1 is 1.47 bits per heavy atom. The Kier molecular flexibility index (Phi) is 6.69. The summed E-state index contributed by atoms with van der Waals surface area (Å²) in [6.45, 7) is 0.506. The second-order valence-electron chi connectivity index (χ2n) is 3.70. The van der Waals surface area contributed by atoms with Gasteiger partial charge >= 0.3 is 0 Å². The van der Waals surface area contributed by atoms with Crippen molar-refractivity contribution in [1.82, 2.24) is 10.3 Å². The minimum atomic E-state index is 0.0698. The number of nitrogens with zero attached hydrogens (tertiary/aromatic N) is 4. The fraction of sp³-hybridized carbons (Fsp3) is 0.308. The molecule has 0 fully saturated rings. The second kappa shape index (κ2) is 8.66. The third-order valence-electron chi connectivity index (χ3n) is 2.23. The van der Waals surface area contributed by atoms with Gasteiger partial charge in [-0.3, -0.25) is 10.3 Å². The van der Waals surface area contributed by atoms with Crippen LogP contribution in [-0.2, 0) is 0 Å². The Labute approximate surface area is 112 Å². The van der Waals surface area contributed by atoms with Crippen LogP contribution >= 0.6 is 0 Å². The Bertz CT molecular complexity index is 464. The molecule has 0 heterocycles. The molecule has 0 aliphatic carbocycles. The fourth-order valence-corrected chi connectivity index (χ4v) is 1.28. The zero-order valence-corrected chi connectivity index (χ0v) is 10.8. The van der Waals surface area contributed by atoms with Gasteiger partial charge in [0.05, 0.1) is 6.21 Å². The number of benzene rings is 1. The van der Waals surface area contributed by atoms with Gasteiger partial charge in [-0.25, -0.2) is 5.01 Å². The van der Waals surface area contributed by atoms with Gasteiger partial charge in [-0.15, -0.1) is 0 Å². The molecule has 0 radical (unpaired) electrons. The lowest BCUT2D eigenvalue weighted by molar-refractivity contribution is 0.291. The SMILES string of the molecule is CN(N=Cc1ccccc1)C(=NCCCO)NC#N. The Morgan fingerprint density at radius 3 is 2.84 bits per heavy atom. The monoisotopic (exact) mass is 259 g/mol. The lowest BCUT2D eigenvalue weighted by atomic mass is 10.2. The summed E-state index contributed by atoms with van der Waals surface area (Å²) in [5.41, 5.74) is 0.959. The van der Waals surface area contributed by atoms with Crippen LogP contribution in [0.3, 0.4) is 0 Å². The predicted octanol–water partition coefficient (Wildman–Crippen LogP) is 0.761. The first kappa shape index (κ1) is 14.7. The third-order valence-corrected chi connectivity index (χ3v) is 2.23. The predicted molar refractivity (Wildman–Crippen MR) is 74.6 cm³/mol. The van der Waals surface area contributed by atoms with Gasteiger partial charge in [0.1, 0.15) is 0 Å². The van der Waals surface area contributed by atoms with Gasteiger partial charge in [0.15, 0.2) is 6.19 Å². The summed E-state index contributed by atoms with van der Waals surface area (Å²) < 4.78 is 0. The second-order valence-corrected chi connectivity index (χ2v) is 3.70. The van der Waals surface area contributed by atoms with Gasteiger partial charge in [-0.1, -0.05) is 30.3 Å². The molecule has 0 aliphatic heterocycles. The number of hydrogen-bond donors (Lipinski definition) is 2. The number of aliphatic imine (C=N–C) groups is 1. The van der Waals surface area contributed by atoms with Crippen molar-refractivity contribution in [3.63, 3.8) is 0 Å². The lowest BCUT2D eigenvalue weighted by Crippen LogP contribution is -2.33. The number of rotatable bonds is 5. The molecule has 19 heavy (non-hydrogen) atoms. The van der Waals surface area contributed by atoms with Gasteiger partial charge in [0, 0.05) is 20.2 Å². The van der Waals surface area contributed by atoms with Crippen molar-refractivity contribution in [3.8, 4) is 6.19 Å². The van der Waals surface area contributed by atoms with Crippen molar-refractivity contribution < 1.29 is 5.11 Å². The average Bonchev–Trinajstić information content (AvgIpc) is 2.45. The van der Waals surface area contributed by atoms with Crippen molar-refractivity contribution in [1.29, 1.82) is 5.26 Å². The van der Waals surface area contributed by atoms with Gasteiger partial charge in [0.25, 0.3) is 0 Å². The van der Waals surface area contributed by atoms with E-state index >= 15 is 0 Å². The minimum absolute atomic E-state index is 0.0698. The van der Waals surface area contributed by atoms with E-state index in [0.717, 1.165) is 5.56 Å². The molecule has 0 spiro atoms. The maximum absolute atomic E-state index is 8.70. The van der Waals surface area contributed by atoms with Gasteiger partial charge in [0.2, 0.25) is 5.96 Å². The molecule has 0 aromatic heterocycles. The van der Waals surface area contributed by atoms with E-state index in [0.29, 0.717) is 18.9 Å². The maximum atomic E-state index is 8.70. The number of hydrogen-bond acceptors (Lipinski definition) is 4. The Hall–Kier alpha value is -2.39. The van der Waals surface area contributed by atoms with Crippen LogP contribution in [0.5, 0.6) is 0 Å². The van der Waals surface area contributed by atoms with E-state index in [1.165, 1.54) is 5.01 Å². The van der Waals surface area contributed by atoms with Crippen molar-refractivity contribution in [2.24, 2.45) is 10.1 Å². The van der Waals surface area contributed by atoms with E-state index in [1.807, 2.05) is 36.5 Å². The lowest BCUT2D eigenvalue weighted by Gasteiger charge is -2.13. The smallest absolute Gasteiger partial charge is 0.227 e. The highest BCUT2D eigenvalue weighted by Crippen LogP contribution is 1.95. The molecule has 6 heteroatoms. The molecule has 1 aromatic rings. The van der Waals surface area contributed by atoms with E-state index in [4.69, 9.17) is 10.4 Å². The fourth-order valence-electron chi connectivity index (χ4n) is 1.28. The molecule has 0 saturated heterocycles. The van der Waals surface area contributed by atoms with Crippen LogP contribution in [-0.4, -0.2) is 42.5 Å². The third kappa shape index (κ3) is 5.66. The molecule has 0 bridgehead atoms. The average molecular weight is 259 g/mol. The number of aliphatic hydroxyl groups excluding tert-OH is 1. The largest absolute Gasteiger partial charge is 0.396 e. The molecule has 0 unspecified atom stereocenters. The molecule has 1 rings (SSSR count). The van der Waals surface area contributed by atoms with E-state index in [1.54, 1.807) is 13.3 Å². The van der Waals surface area contributed by atoms with Crippen LogP contribution < -0.4 is 5.32 Å². The van der Waals surface area contributed by atoms with Crippen molar-refractivity contribution >= 4 is 12.2 Å². The summed E-state index contributed by atoms with van der Waals surface area (Å²) >= 11 is 0. The molecular weight excluding hydrogens is 242 g/mol. The zero-order valence-electron chi connectivity index (χ0n) is 10.8. The highest BCUT2D eigenvalue weighted by molar-refractivity contribution is 5.84. The number of guanidine groups is 1. The molecule has 100 valence electrons. The van der Waals surface area contributed by atoms with Crippen LogP contribution in [0.4, 0.5) is 0 Å². The van der Waals surface area contributed by atoms with E-state index < -0.39 is 0 Å². The molecule has 0 saturated carbocycles. The summed E-state index contributed by atoms with van der Waals surface area (Å²) in [4.78, 5) is 4.15. The summed E-state index contributed by atoms with van der Waals surface area (Å²) in [5.74, 6) is 0.350. The van der Waals surface area contributed by atoms with Gasteiger partial charge in [-0.05, 0) is 12.0 Å². The summed E-state index contributed by atoms with van der Waals surface area (Å²) in [6.07, 6.45) is 4.04. The first-order valence-corrected chi connectivity index (χ1v) is 5.91. The first-order chi connectivity index (χ1) is 9.27. The molecule has 0 atom stereocenters. The van der Waals surface area contributed by atoms with Crippen molar-refractivity contribution in [2.45, 2.75) is 6.42 Å². The van der Waals surface area contributed by atoms with Crippen LogP contribution in [0.15, 0.2) is 40.4 Å². The Morgan fingerprint density at radius 2 is 2.21 bits per heavy atom. The number of aliphatic hydroxyl groups is 1. The van der Waals surface area contributed by atoms with E-state index in [-0.39, 0.29) is 6.61 Å². The molecule has 1 aromatic carbocycles. The molecular formula is C13H17N5O. The number of hydrazone groups is 1. The maximum Gasteiger partial charge on any atom is 0.227 e. The van der Waals surface area contributed by atoms with Crippen molar-refractivity contribution in [3.05, 3.63) is 35.9 Å².